The maximum atomic E-state index is 12.5. The van der Waals surface area contributed by atoms with Crippen LogP contribution in [0.5, 0.6) is 5.75 Å². The van der Waals surface area contributed by atoms with E-state index in [4.69, 9.17) is 11.6 Å². The minimum atomic E-state index is -0.496. The third-order valence-corrected chi connectivity index (χ3v) is 6.88. The minimum absolute atomic E-state index is 0.0286. The van der Waals surface area contributed by atoms with Crippen LogP contribution in [-0.2, 0) is 17.9 Å². The second-order valence-corrected chi connectivity index (χ2v) is 10.5. The molecule has 2 aromatic carbocycles. The number of nitrogens with one attached hydrogen (secondary N) is 2. The van der Waals surface area contributed by atoms with E-state index in [2.05, 4.69) is 64.5 Å². The van der Waals surface area contributed by atoms with E-state index in [1.807, 2.05) is 16.7 Å². The summed E-state index contributed by atoms with van der Waals surface area (Å²) in [4.78, 5) is 12.5. The molecule has 8 nitrogen and oxygen atoms in total. The van der Waals surface area contributed by atoms with Crippen LogP contribution in [-0.4, -0.2) is 37.2 Å². The Labute approximate surface area is 223 Å². The molecular weight excluding hydrogens is 608 g/mol. The summed E-state index contributed by atoms with van der Waals surface area (Å²) in [6.07, 6.45) is 3.12. The Morgan fingerprint density at radius 3 is 2.76 bits per heavy atom. The first kappa shape index (κ1) is 26.3. The Kier molecular flexibility index (Phi) is 9.57. The monoisotopic (exact) mass is 626 g/mol. The van der Waals surface area contributed by atoms with Crippen molar-refractivity contribution in [3.8, 4) is 5.75 Å². The molecule has 34 heavy (non-hydrogen) atoms. The molecular formula is C22H21Br2ClN6O2S. The van der Waals surface area contributed by atoms with Crippen molar-refractivity contribution >= 4 is 73.0 Å². The average Bonchev–Trinajstić information content (AvgIpc) is 3.17. The zero-order valence-electron chi connectivity index (χ0n) is 18.0. The van der Waals surface area contributed by atoms with Gasteiger partial charge < -0.3 is 15.0 Å². The van der Waals surface area contributed by atoms with Gasteiger partial charge in [-0.2, -0.15) is 5.10 Å². The van der Waals surface area contributed by atoms with Crippen molar-refractivity contribution in [1.29, 1.82) is 0 Å². The molecule has 0 fully saturated rings. The van der Waals surface area contributed by atoms with Crippen molar-refractivity contribution in [2.24, 2.45) is 5.10 Å². The van der Waals surface area contributed by atoms with Crippen LogP contribution >= 0.6 is 55.2 Å². The van der Waals surface area contributed by atoms with E-state index in [9.17, 15) is 9.90 Å². The third kappa shape index (κ3) is 7.08. The number of benzene rings is 2. The highest BCUT2D eigenvalue weighted by Gasteiger charge is 2.19. The van der Waals surface area contributed by atoms with E-state index >= 15 is 0 Å². The van der Waals surface area contributed by atoms with Gasteiger partial charge in [0.15, 0.2) is 11.0 Å². The molecule has 12 heteroatoms. The smallest absolute Gasteiger partial charge is 0.253 e. The van der Waals surface area contributed by atoms with Crippen LogP contribution in [0.2, 0.25) is 5.02 Å². The summed E-state index contributed by atoms with van der Waals surface area (Å²) in [5.41, 5.74) is 3.85. The molecule has 0 saturated heterocycles. The fourth-order valence-electron chi connectivity index (χ4n) is 2.75. The van der Waals surface area contributed by atoms with Crippen LogP contribution in [0.15, 0.2) is 68.3 Å². The van der Waals surface area contributed by atoms with E-state index in [0.29, 0.717) is 39.1 Å². The second-order valence-electron chi connectivity index (χ2n) is 6.98. The topological polar surface area (TPSA) is 104 Å². The number of aromatic hydroxyl groups is 1. The van der Waals surface area contributed by atoms with Gasteiger partial charge in [0, 0.05) is 27.3 Å². The Hall–Kier alpha value is -2.34. The Balaban J connectivity index is 1.63. The number of aromatic nitrogens is 3. The number of anilines is 1. The normalized spacial score (nSPS) is 12.0. The molecule has 178 valence electrons. The fourth-order valence-corrected chi connectivity index (χ4v) is 5.01. The van der Waals surface area contributed by atoms with Gasteiger partial charge in [-0.25, -0.2) is 5.43 Å². The van der Waals surface area contributed by atoms with Crippen LogP contribution in [0.25, 0.3) is 0 Å². The number of hydrazone groups is 1. The van der Waals surface area contributed by atoms with Gasteiger partial charge in [-0.3, -0.25) is 4.79 Å². The SMILES string of the molecule is C=CCn1c(CNc2ccc(Cl)cc2)nnc1S[C@H](C)C(=O)N/N=C\c1cc(Br)cc(Br)c1O. The number of nitrogens with zero attached hydrogens (tertiary/aromatic N) is 4. The van der Waals surface area contributed by atoms with E-state index < -0.39 is 5.25 Å². The largest absolute Gasteiger partial charge is 0.506 e. The standard InChI is InChI=1S/C22H21Br2ClN6O2S/c1-3-8-31-19(12-26-17-6-4-16(25)5-7-17)28-30-22(31)34-13(2)21(33)29-27-11-14-9-15(23)10-18(24)20(14)32/h3-7,9-11,13,26,32H,1,8,12H2,2H3,(H,29,33)/b27-11-/t13-/m1/s1. The van der Waals surface area contributed by atoms with Gasteiger partial charge in [-0.1, -0.05) is 45.4 Å². The number of hydrogen-bond acceptors (Lipinski definition) is 7. The van der Waals surface area contributed by atoms with Crippen molar-refractivity contribution < 1.29 is 9.90 Å². The molecule has 0 aliphatic carbocycles. The zero-order valence-corrected chi connectivity index (χ0v) is 22.7. The Morgan fingerprint density at radius 2 is 2.06 bits per heavy atom. The molecule has 1 aromatic heterocycles. The molecule has 1 amide bonds. The van der Waals surface area contributed by atoms with Crippen LogP contribution < -0.4 is 10.7 Å². The average molecular weight is 629 g/mol. The van der Waals surface area contributed by atoms with Gasteiger partial charge in [-0.05, 0) is 59.3 Å². The van der Waals surface area contributed by atoms with Gasteiger partial charge in [0.1, 0.15) is 5.75 Å². The molecule has 0 spiro atoms. The molecule has 1 atom stereocenters. The number of phenolic OH excluding ortho intramolecular Hbond substituents is 1. The number of carbonyl (C=O) groups excluding carboxylic acids is 1. The number of amides is 1. The highest BCUT2D eigenvalue weighted by atomic mass is 79.9. The number of hydrogen-bond donors (Lipinski definition) is 3. The predicted octanol–water partition coefficient (Wildman–Crippen LogP) is 5.59. The van der Waals surface area contributed by atoms with E-state index in [1.54, 1.807) is 37.3 Å². The first-order chi connectivity index (χ1) is 16.3. The van der Waals surface area contributed by atoms with Crippen LogP contribution in [0, 0.1) is 0 Å². The lowest BCUT2D eigenvalue weighted by atomic mass is 10.2. The molecule has 0 saturated carbocycles. The predicted molar refractivity (Wildman–Crippen MR) is 144 cm³/mol. The first-order valence-corrected chi connectivity index (χ1v) is 12.8. The third-order valence-electron chi connectivity index (χ3n) is 4.49. The number of allylic oxidation sites excluding steroid dienone is 1. The van der Waals surface area contributed by atoms with E-state index in [-0.39, 0.29) is 11.7 Å². The number of thioether (sulfide) groups is 1. The van der Waals surface area contributed by atoms with Crippen molar-refractivity contribution in [1.82, 2.24) is 20.2 Å². The highest BCUT2D eigenvalue weighted by molar-refractivity contribution is 9.11. The second kappa shape index (κ2) is 12.4. The van der Waals surface area contributed by atoms with Crippen molar-refractivity contribution in [3.05, 3.63) is 74.4 Å². The molecule has 3 N–H and O–H groups in total. The summed E-state index contributed by atoms with van der Waals surface area (Å²) in [6.45, 7) is 6.49. The zero-order chi connectivity index (χ0) is 24.7. The quantitative estimate of drug-likeness (QED) is 0.117. The van der Waals surface area contributed by atoms with E-state index in [0.717, 1.165) is 10.2 Å². The number of carbonyl (C=O) groups is 1. The lowest BCUT2D eigenvalue weighted by Gasteiger charge is -2.12. The molecule has 0 radical (unpaired) electrons. The highest BCUT2D eigenvalue weighted by Crippen LogP contribution is 2.30. The lowest BCUT2D eigenvalue weighted by Crippen LogP contribution is -2.27. The van der Waals surface area contributed by atoms with Gasteiger partial charge in [0.2, 0.25) is 0 Å². The van der Waals surface area contributed by atoms with Crippen LogP contribution in [0.3, 0.4) is 0 Å². The maximum absolute atomic E-state index is 12.5. The number of halogens is 3. The molecule has 1 heterocycles. The van der Waals surface area contributed by atoms with Crippen LogP contribution in [0.4, 0.5) is 5.69 Å². The summed E-state index contributed by atoms with van der Waals surface area (Å²) in [7, 11) is 0. The number of phenols is 1. The van der Waals surface area contributed by atoms with Gasteiger partial charge in [0.25, 0.3) is 5.91 Å². The summed E-state index contributed by atoms with van der Waals surface area (Å²) in [5.74, 6) is 0.420. The van der Waals surface area contributed by atoms with Gasteiger partial charge >= 0.3 is 0 Å². The maximum Gasteiger partial charge on any atom is 0.253 e. The molecule has 0 bridgehead atoms. The summed E-state index contributed by atoms with van der Waals surface area (Å²) < 4.78 is 3.17. The van der Waals surface area contributed by atoms with E-state index in [1.165, 1.54) is 18.0 Å². The summed E-state index contributed by atoms with van der Waals surface area (Å²) in [6, 6.07) is 10.8. The van der Waals surface area contributed by atoms with Crippen molar-refractivity contribution in [2.45, 2.75) is 30.4 Å². The first-order valence-electron chi connectivity index (χ1n) is 9.98. The Bertz CT molecular complexity index is 1200. The number of rotatable bonds is 10. The Morgan fingerprint density at radius 1 is 1.32 bits per heavy atom. The molecule has 3 rings (SSSR count). The van der Waals surface area contributed by atoms with Crippen LogP contribution in [0.1, 0.15) is 18.3 Å². The summed E-state index contributed by atoms with van der Waals surface area (Å²) in [5, 5.41) is 26.6. The molecule has 0 unspecified atom stereocenters. The van der Waals surface area contributed by atoms with Gasteiger partial charge in [-0.15, -0.1) is 16.8 Å². The lowest BCUT2D eigenvalue weighted by molar-refractivity contribution is -0.120. The molecule has 0 aliphatic heterocycles. The minimum Gasteiger partial charge on any atom is -0.506 e. The molecule has 0 aliphatic rings. The fraction of sp³-hybridized carbons (Fsp3) is 0.182. The molecule has 3 aromatic rings. The summed E-state index contributed by atoms with van der Waals surface area (Å²) >= 11 is 13.8. The van der Waals surface area contributed by atoms with Crippen molar-refractivity contribution in [2.75, 3.05) is 5.32 Å². The van der Waals surface area contributed by atoms with Gasteiger partial charge in [0.05, 0.1) is 22.5 Å². The van der Waals surface area contributed by atoms with Crippen molar-refractivity contribution in [3.63, 3.8) is 0 Å².